The van der Waals surface area contributed by atoms with Crippen molar-refractivity contribution >= 4 is 5.69 Å². The van der Waals surface area contributed by atoms with Gasteiger partial charge in [-0.1, -0.05) is 18.1 Å². The van der Waals surface area contributed by atoms with Crippen LogP contribution in [0.2, 0.25) is 0 Å². The second-order valence-corrected chi connectivity index (χ2v) is 2.27. The molecule has 4 nitrogen and oxygen atoms in total. The number of nitro benzene ring substituents is 1. The van der Waals surface area contributed by atoms with Crippen molar-refractivity contribution < 1.29 is 10.0 Å². The van der Waals surface area contributed by atoms with Gasteiger partial charge in [-0.2, -0.15) is 0 Å². The third-order valence-electron chi connectivity index (χ3n) is 1.55. The lowest BCUT2D eigenvalue weighted by atomic mass is 10.1. The number of nitrogens with zero attached hydrogens (tertiary/aromatic N) is 1. The highest BCUT2D eigenvalue weighted by Gasteiger charge is 2.14. The number of rotatable bonds is 2. The van der Waals surface area contributed by atoms with Gasteiger partial charge in [-0.15, -0.1) is 6.42 Å². The first-order chi connectivity index (χ1) is 6.20. The molecule has 0 aliphatic carbocycles. The molecule has 1 N–H and O–H groups in total. The highest BCUT2D eigenvalue weighted by Crippen LogP contribution is 2.21. The highest BCUT2D eigenvalue weighted by molar-refractivity contribution is 5.56. The van der Waals surface area contributed by atoms with E-state index < -0.39 is 4.92 Å². The number of terminal acetylenes is 1. The van der Waals surface area contributed by atoms with Gasteiger partial charge in [-0.05, 0) is 0 Å². The van der Waals surface area contributed by atoms with Gasteiger partial charge in [0.2, 0.25) is 0 Å². The van der Waals surface area contributed by atoms with Crippen molar-refractivity contribution in [1.29, 1.82) is 0 Å². The van der Waals surface area contributed by atoms with Crippen molar-refractivity contribution in [3.8, 4) is 12.3 Å². The topological polar surface area (TPSA) is 63.4 Å². The molecule has 0 unspecified atom stereocenters. The summed E-state index contributed by atoms with van der Waals surface area (Å²) in [7, 11) is 0. The number of aliphatic hydroxyl groups is 1. The molecule has 0 atom stereocenters. The maximum atomic E-state index is 10.5. The van der Waals surface area contributed by atoms with Crippen LogP contribution >= 0.6 is 0 Å². The Morgan fingerprint density at radius 2 is 2.31 bits per heavy atom. The molecule has 65 valence electrons. The van der Waals surface area contributed by atoms with E-state index in [1.807, 2.05) is 0 Å². The Morgan fingerprint density at radius 1 is 1.62 bits per heavy atom. The van der Waals surface area contributed by atoms with Crippen LogP contribution in [0.15, 0.2) is 18.2 Å². The lowest BCUT2D eigenvalue weighted by Crippen LogP contribution is -1.95. The molecular formula is C9H6NO3. The summed E-state index contributed by atoms with van der Waals surface area (Å²) in [6, 6.07) is 4.26. The van der Waals surface area contributed by atoms with E-state index in [9.17, 15) is 10.1 Å². The summed E-state index contributed by atoms with van der Waals surface area (Å²) >= 11 is 0. The smallest absolute Gasteiger partial charge is 0.285 e. The normalized spacial score (nSPS) is 9.23. The third kappa shape index (κ3) is 1.66. The summed E-state index contributed by atoms with van der Waals surface area (Å²) in [5.41, 5.74) is 0.192. The van der Waals surface area contributed by atoms with Crippen LogP contribution in [0.5, 0.6) is 0 Å². The average molecular weight is 176 g/mol. The maximum absolute atomic E-state index is 10.5. The Labute approximate surface area is 75.0 Å². The first-order valence-electron chi connectivity index (χ1n) is 3.42. The molecule has 13 heavy (non-hydrogen) atoms. The van der Waals surface area contributed by atoms with Crippen molar-refractivity contribution in [2.24, 2.45) is 0 Å². The second kappa shape index (κ2) is 3.70. The average Bonchev–Trinajstić information content (AvgIpc) is 2.16. The van der Waals surface area contributed by atoms with Gasteiger partial charge < -0.3 is 5.11 Å². The summed E-state index contributed by atoms with van der Waals surface area (Å²) in [6.07, 6.45) is 5.08. The molecule has 1 aromatic rings. The van der Waals surface area contributed by atoms with Crippen molar-refractivity contribution in [2.75, 3.05) is 0 Å². The third-order valence-corrected chi connectivity index (χ3v) is 1.55. The fourth-order valence-corrected chi connectivity index (χ4v) is 0.974. The lowest BCUT2D eigenvalue weighted by Gasteiger charge is -2.00. The molecule has 0 saturated carbocycles. The van der Waals surface area contributed by atoms with E-state index in [-0.39, 0.29) is 16.8 Å². The Bertz CT molecular complexity index is 379. The predicted octanol–water partition coefficient (Wildman–Crippen LogP) is 1.46. The molecule has 0 heterocycles. The van der Waals surface area contributed by atoms with Gasteiger partial charge in [0.1, 0.15) is 12.2 Å². The number of hydrogen-bond acceptors (Lipinski definition) is 3. The number of benzene rings is 1. The fraction of sp³-hybridized carbons (Fsp3) is 0. The SMILES string of the molecule is C#Cc1c([CH]O)cccc1[N+](=O)[O-]. The van der Waals surface area contributed by atoms with E-state index in [2.05, 4.69) is 5.92 Å². The molecule has 0 aliphatic heterocycles. The van der Waals surface area contributed by atoms with E-state index in [4.69, 9.17) is 11.5 Å². The summed E-state index contributed by atoms with van der Waals surface area (Å²) in [4.78, 5) is 9.88. The Morgan fingerprint density at radius 3 is 2.77 bits per heavy atom. The van der Waals surface area contributed by atoms with Gasteiger partial charge in [-0.25, -0.2) is 0 Å². The molecule has 0 fully saturated rings. The maximum Gasteiger partial charge on any atom is 0.285 e. The lowest BCUT2D eigenvalue weighted by molar-refractivity contribution is -0.385. The van der Waals surface area contributed by atoms with Crippen LogP contribution in [0.3, 0.4) is 0 Å². The number of aliphatic hydroxyl groups excluding tert-OH is 1. The number of hydrogen-bond donors (Lipinski definition) is 1. The first-order valence-corrected chi connectivity index (χ1v) is 3.42. The summed E-state index contributed by atoms with van der Waals surface area (Å²) < 4.78 is 0. The van der Waals surface area contributed by atoms with E-state index >= 15 is 0 Å². The van der Waals surface area contributed by atoms with Crippen molar-refractivity contribution in [3.05, 3.63) is 46.0 Å². The highest BCUT2D eigenvalue weighted by atomic mass is 16.6. The minimum atomic E-state index is -0.581. The van der Waals surface area contributed by atoms with Crippen LogP contribution in [-0.2, 0) is 0 Å². The van der Waals surface area contributed by atoms with Crippen LogP contribution in [0.1, 0.15) is 11.1 Å². The van der Waals surface area contributed by atoms with Crippen molar-refractivity contribution in [1.82, 2.24) is 0 Å². The molecule has 1 radical (unpaired) electrons. The largest absolute Gasteiger partial charge is 0.385 e. The van der Waals surface area contributed by atoms with Crippen LogP contribution in [0.4, 0.5) is 5.69 Å². The van der Waals surface area contributed by atoms with Crippen molar-refractivity contribution in [3.63, 3.8) is 0 Å². The zero-order valence-corrected chi connectivity index (χ0v) is 6.60. The molecule has 4 heteroatoms. The van der Waals surface area contributed by atoms with Crippen molar-refractivity contribution in [2.45, 2.75) is 0 Å². The first kappa shape index (κ1) is 9.23. The van der Waals surface area contributed by atoms with E-state index in [1.165, 1.54) is 18.2 Å². The summed E-state index contributed by atoms with van der Waals surface area (Å²) in [5, 5.41) is 19.2. The Hall–Kier alpha value is -1.86. The minimum Gasteiger partial charge on any atom is -0.385 e. The van der Waals surface area contributed by atoms with Gasteiger partial charge in [0, 0.05) is 11.6 Å². The van der Waals surface area contributed by atoms with Gasteiger partial charge in [0.05, 0.1) is 4.92 Å². The summed E-state index contributed by atoms with van der Waals surface area (Å²) in [5.74, 6) is 2.16. The van der Waals surface area contributed by atoms with Gasteiger partial charge >= 0.3 is 0 Å². The fourth-order valence-electron chi connectivity index (χ4n) is 0.974. The molecule has 0 spiro atoms. The second-order valence-electron chi connectivity index (χ2n) is 2.27. The molecule has 1 rings (SSSR count). The molecule has 0 aromatic heterocycles. The Balaban J connectivity index is 3.38. The quantitative estimate of drug-likeness (QED) is 0.421. The van der Waals surface area contributed by atoms with Crippen LogP contribution < -0.4 is 0 Å². The standard InChI is InChI=1S/C9H6NO3/c1-2-8-7(6-11)4-3-5-9(8)10(12)13/h1,3-6,11H. The zero-order valence-electron chi connectivity index (χ0n) is 6.60. The van der Waals surface area contributed by atoms with E-state index in [0.29, 0.717) is 0 Å². The molecule has 0 saturated heterocycles. The molecule has 1 aromatic carbocycles. The molecule has 0 amide bonds. The zero-order chi connectivity index (χ0) is 9.84. The van der Waals surface area contributed by atoms with Gasteiger partial charge in [0.25, 0.3) is 5.69 Å². The molecule has 0 aliphatic rings. The number of nitro groups is 1. The predicted molar refractivity (Wildman–Crippen MR) is 46.4 cm³/mol. The van der Waals surface area contributed by atoms with Gasteiger partial charge in [-0.3, -0.25) is 10.1 Å². The molecular weight excluding hydrogens is 170 g/mol. The van der Waals surface area contributed by atoms with Crippen LogP contribution in [-0.4, -0.2) is 10.0 Å². The van der Waals surface area contributed by atoms with Gasteiger partial charge in [0.15, 0.2) is 0 Å². The van der Waals surface area contributed by atoms with E-state index in [0.717, 1.165) is 6.61 Å². The van der Waals surface area contributed by atoms with Crippen LogP contribution in [0.25, 0.3) is 0 Å². The van der Waals surface area contributed by atoms with Crippen LogP contribution in [0, 0.1) is 29.1 Å². The molecule has 0 bridgehead atoms. The monoisotopic (exact) mass is 176 g/mol. The summed E-state index contributed by atoms with van der Waals surface area (Å²) in [6.45, 7) is 0.752. The Kier molecular flexibility index (Phi) is 2.62. The van der Waals surface area contributed by atoms with E-state index in [1.54, 1.807) is 0 Å². The minimum absolute atomic E-state index is 0.0926.